The molecule has 0 unspecified atom stereocenters. The molecule has 1 aromatic carbocycles. The molecule has 0 saturated carbocycles. The van der Waals surface area contributed by atoms with Gasteiger partial charge in [0.15, 0.2) is 11.5 Å². The van der Waals surface area contributed by atoms with Crippen molar-refractivity contribution in [2.75, 3.05) is 25.4 Å². The quantitative estimate of drug-likeness (QED) is 0.466. The number of aromatic nitrogens is 2. The van der Waals surface area contributed by atoms with Gasteiger partial charge in [0, 0.05) is 29.4 Å². The summed E-state index contributed by atoms with van der Waals surface area (Å²) in [5.74, 6) is 0.920. The lowest BCUT2D eigenvalue weighted by Crippen LogP contribution is -2.13. The van der Waals surface area contributed by atoms with E-state index in [2.05, 4.69) is 10.4 Å². The number of aryl methyl sites for hydroxylation is 1. The Kier molecular flexibility index (Phi) is 6.43. The Morgan fingerprint density at radius 2 is 2.16 bits per heavy atom. The minimum atomic E-state index is -0.528. The summed E-state index contributed by atoms with van der Waals surface area (Å²) in [6.45, 7) is 0.551. The standard InChI is InChI=1S/C17H17ClN4O3/c1-24-15-4-3-14(8-16(15)25-2)21-17(23)13(9-19)7-12-10-20-22(11-12)6-5-18/h3-4,7-8,10-11H,5-6H2,1-2H3,(H,21,23). The number of anilines is 1. The van der Waals surface area contributed by atoms with Crippen molar-refractivity contribution in [3.63, 3.8) is 0 Å². The number of benzene rings is 1. The molecule has 1 N–H and O–H groups in total. The highest BCUT2D eigenvalue weighted by atomic mass is 35.5. The van der Waals surface area contributed by atoms with Crippen molar-refractivity contribution in [3.8, 4) is 17.6 Å². The van der Waals surface area contributed by atoms with Crippen LogP contribution in [0.5, 0.6) is 11.5 Å². The van der Waals surface area contributed by atoms with Crippen LogP contribution in [0.4, 0.5) is 5.69 Å². The summed E-state index contributed by atoms with van der Waals surface area (Å²) in [6.07, 6.45) is 4.74. The summed E-state index contributed by atoms with van der Waals surface area (Å²) in [6, 6.07) is 6.83. The molecule has 2 rings (SSSR count). The fraction of sp³-hybridized carbons (Fsp3) is 0.235. The predicted octanol–water partition coefficient (Wildman–Crippen LogP) is 2.68. The van der Waals surface area contributed by atoms with Gasteiger partial charge >= 0.3 is 0 Å². The van der Waals surface area contributed by atoms with Gasteiger partial charge in [-0.2, -0.15) is 10.4 Å². The van der Waals surface area contributed by atoms with Crippen LogP contribution < -0.4 is 14.8 Å². The van der Waals surface area contributed by atoms with Crippen LogP contribution in [0.2, 0.25) is 0 Å². The molecule has 0 saturated heterocycles. The van der Waals surface area contributed by atoms with Crippen LogP contribution in [-0.2, 0) is 11.3 Å². The predicted molar refractivity (Wildman–Crippen MR) is 94.7 cm³/mol. The maximum Gasteiger partial charge on any atom is 0.266 e. The van der Waals surface area contributed by atoms with E-state index in [4.69, 9.17) is 21.1 Å². The van der Waals surface area contributed by atoms with Gasteiger partial charge in [0.2, 0.25) is 0 Å². The second-order valence-electron chi connectivity index (χ2n) is 4.92. The first-order chi connectivity index (χ1) is 12.1. The van der Waals surface area contributed by atoms with E-state index >= 15 is 0 Å². The number of halogens is 1. The third-order valence-corrected chi connectivity index (χ3v) is 3.45. The lowest BCUT2D eigenvalue weighted by atomic mass is 10.2. The molecule has 1 amide bonds. The molecule has 0 aliphatic rings. The number of hydrogen-bond donors (Lipinski definition) is 1. The number of alkyl halides is 1. The summed E-state index contributed by atoms with van der Waals surface area (Å²) in [5.41, 5.74) is 1.09. The Morgan fingerprint density at radius 1 is 1.40 bits per heavy atom. The molecule has 0 aliphatic heterocycles. The first kappa shape index (κ1) is 18.4. The molecule has 2 aromatic rings. The Balaban J connectivity index is 2.17. The largest absolute Gasteiger partial charge is 0.493 e. The maximum atomic E-state index is 12.3. The molecule has 0 fully saturated rings. The number of carbonyl (C=O) groups is 1. The first-order valence-electron chi connectivity index (χ1n) is 7.35. The van der Waals surface area contributed by atoms with Crippen LogP contribution in [-0.4, -0.2) is 35.8 Å². The van der Waals surface area contributed by atoms with Gasteiger partial charge in [-0.1, -0.05) is 0 Å². The number of hydrogen-bond acceptors (Lipinski definition) is 5. The molecule has 0 spiro atoms. The molecule has 7 nitrogen and oxygen atoms in total. The SMILES string of the molecule is COc1ccc(NC(=O)C(C#N)=Cc2cnn(CCCl)c2)cc1OC. The number of nitriles is 1. The third kappa shape index (κ3) is 4.75. The van der Waals surface area contributed by atoms with E-state index in [1.54, 1.807) is 35.3 Å². The molecule has 130 valence electrons. The van der Waals surface area contributed by atoms with Crippen LogP contribution in [0, 0.1) is 11.3 Å². The van der Waals surface area contributed by atoms with Crippen molar-refractivity contribution < 1.29 is 14.3 Å². The zero-order valence-corrected chi connectivity index (χ0v) is 14.6. The van der Waals surface area contributed by atoms with E-state index in [0.717, 1.165) is 0 Å². The zero-order chi connectivity index (χ0) is 18.2. The normalized spacial score (nSPS) is 10.9. The van der Waals surface area contributed by atoms with Crippen LogP contribution in [0.25, 0.3) is 6.08 Å². The number of ether oxygens (including phenoxy) is 2. The molecule has 0 atom stereocenters. The molecule has 0 radical (unpaired) electrons. The molecule has 25 heavy (non-hydrogen) atoms. The molecule has 8 heteroatoms. The molecule has 1 aromatic heterocycles. The summed E-state index contributed by atoms with van der Waals surface area (Å²) in [4.78, 5) is 12.3. The molecule has 1 heterocycles. The number of amides is 1. The van der Waals surface area contributed by atoms with Crippen LogP contribution >= 0.6 is 11.6 Å². The van der Waals surface area contributed by atoms with Crippen LogP contribution in [0.15, 0.2) is 36.2 Å². The van der Waals surface area contributed by atoms with Gasteiger partial charge < -0.3 is 14.8 Å². The van der Waals surface area contributed by atoms with E-state index in [1.165, 1.54) is 20.3 Å². The Labute approximate surface area is 150 Å². The second kappa shape index (κ2) is 8.76. The van der Waals surface area contributed by atoms with Gasteiger partial charge in [-0.15, -0.1) is 11.6 Å². The summed E-state index contributed by atoms with van der Waals surface area (Å²) >= 11 is 5.65. The summed E-state index contributed by atoms with van der Waals surface area (Å²) < 4.78 is 12.0. The second-order valence-corrected chi connectivity index (χ2v) is 5.30. The number of methoxy groups -OCH3 is 2. The highest BCUT2D eigenvalue weighted by Crippen LogP contribution is 2.29. The van der Waals surface area contributed by atoms with Crippen molar-refractivity contribution >= 4 is 29.3 Å². The average molecular weight is 361 g/mol. The third-order valence-electron chi connectivity index (χ3n) is 3.28. The van der Waals surface area contributed by atoms with Gasteiger partial charge in [-0.25, -0.2) is 0 Å². The highest BCUT2D eigenvalue weighted by Gasteiger charge is 2.12. The van der Waals surface area contributed by atoms with Gasteiger partial charge in [-0.3, -0.25) is 9.48 Å². The Bertz CT molecular complexity index is 824. The maximum absolute atomic E-state index is 12.3. The number of nitrogens with zero attached hydrogens (tertiary/aromatic N) is 3. The van der Waals surface area contributed by atoms with Crippen molar-refractivity contribution in [2.45, 2.75) is 6.54 Å². The lowest BCUT2D eigenvalue weighted by molar-refractivity contribution is -0.112. The van der Waals surface area contributed by atoms with E-state index in [9.17, 15) is 10.1 Å². The van der Waals surface area contributed by atoms with Crippen LogP contribution in [0.3, 0.4) is 0 Å². The molecular formula is C17H17ClN4O3. The first-order valence-corrected chi connectivity index (χ1v) is 7.88. The fourth-order valence-corrected chi connectivity index (χ4v) is 2.26. The lowest BCUT2D eigenvalue weighted by Gasteiger charge is -2.10. The Morgan fingerprint density at radius 3 is 2.80 bits per heavy atom. The average Bonchev–Trinajstić information content (AvgIpc) is 3.06. The zero-order valence-electron chi connectivity index (χ0n) is 13.8. The van der Waals surface area contributed by atoms with Crippen molar-refractivity contribution in [3.05, 3.63) is 41.7 Å². The molecule has 0 aliphatic carbocycles. The van der Waals surface area contributed by atoms with E-state index < -0.39 is 5.91 Å². The summed E-state index contributed by atoms with van der Waals surface area (Å²) in [7, 11) is 3.03. The van der Waals surface area contributed by atoms with Gasteiger partial charge in [0.1, 0.15) is 11.6 Å². The number of nitrogens with one attached hydrogen (secondary N) is 1. The molecular weight excluding hydrogens is 344 g/mol. The van der Waals surface area contributed by atoms with E-state index in [-0.39, 0.29) is 5.57 Å². The van der Waals surface area contributed by atoms with Gasteiger partial charge in [-0.05, 0) is 18.2 Å². The van der Waals surface area contributed by atoms with Crippen molar-refractivity contribution in [1.82, 2.24) is 9.78 Å². The highest BCUT2D eigenvalue weighted by molar-refractivity contribution is 6.17. The van der Waals surface area contributed by atoms with Gasteiger partial charge in [0.25, 0.3) is 5.91 Å². The van der Waals surface area contributed by atoms with Crippen LogP contribution in [0.1, 0.15) is 5.56 Å². The minimum absolute atomic E-state index is 0.0415. The van der Waals surface area contributed by atoms with Crippen molar-refractivity contribution in [2.24, 2.45) is 0 Å². The van der Waals surface area contributed by atoms with Crippen molar-refractivity contribution in [1.29, 1.82) is 5.26 Å². The summed E-state index contributed by atoms with van der Waals surface area (Å²) in [5, 5.41) is 16.0. The minimum Gasteiger partial charge on any atom is -0.493 e. The topological polar surface area (TPSA) is 89.2 Å². The number of carbonyl (C=O) groups excluding carboxylic acids is 1. The van der Waals surface area contributed by atoms with E-state index in [1.807, 2.05) is 6.07 Å². The molecule has 0 bridgehead atoms. The smallest absolute Gasteiger partial charge is 0.266 e. The van der Waals surface area contributed by atoms with Gasteiger partial charge in [0.05, 0.1) is 27.0 Å². The Hall–Kier alpha value is -2.98. The van der Waals surface area contributed by atoms with E-state index in [0.29, 0.717) is 35.2 Å². The number of rotatable bonds is 7. The monoisotopic (exact) mass is 360 g/mol. The fourth-order valence-electron chi connectivity index (χ4n) is 2.09.